The summed E-state index contributed by atoms with van der Waals surface area (Å²) in [6.07, 6.45) is 8.16. The van der Waals surface area contributed by atoms with Crippen LogP contribution in [-0.4, -0.2) is 15.4 Å². The molecule has 1 aliphatic carbocycles. The summed E-state index contributed by atoms with van der Waals surface area (Å²) in [5, 5.41) is 0. The predicted molar refractivity (Wildman–Crippen MR) is 102 cm³/mol. The van der Waals surface area contributed by atoms with Gasteiger partial charge in [0.25, 0.3) is 0 Å². The van der Waals surface area contributed by atoms with Gasteiger partial charge in [0, 0.05) is 8.80 Å². The van der Waals surface area contributed by atoms with Crippen molar-refractivity contribution in [2.24, 2.45) is 11.8 Å². The van der Waals surface area contributed by atoms with E-state index in [-0.39, 0.29) is 5.92 Å². The molecule has 1 aromatic rings. The SMILES string of the molecule is CCC[SiH]1CCC(C2CCC(c3cc(F)c(OC(F)F)c(F)c3)CC2)CC1. The van der Waals surface area contributed by atoms with Gasteiger partial charge in [-0.2, -0.15) is 8.78 Å². The lowest BCUT2D eigenvalue weighted by molar-refractivity contribution is -0.0546. The number of ether oxygens (including phenoxy) is 1. The standard InChI is InChI=1S/C21H30F4OSi/c1-2-9-27-10-7-16(8-11-27)14-3-5-15(6-4-14)17-12-18(22)20(19(23)13-17)26-21(24)25/h12-16,21,27H,2-11H2,1H3. The van der Waals surface area contributed by atoms with Crippen LogP contribution in [0.5, 0.6) is 5.75 Å². The van der Waals surface area contributed by atoms with Gasteiger partial charge in [-0.1, -0.05) is 44.3 Å². The monoisotopic (exact) mass is 402 g/mol. The summed E-state index contributed by atoms with van der Waals surface area (Å²) in [5.74, 6) is -1.36. The lowest BCUT2D eigenvalue weighted by Gasteiger charge is -2.37. The van der Waals surface area contributed by atoms with Gasteiger partial charge in [0.05, 0.1) is 0 Å². The predicted octanol–water partition coefficient (Wildman–Crippen LogP) is 6.89. The fraction of sp³-hybridized carbons (Fsp3) is 0.714. The maximum Gasteiger partial charge on any atom is 0.387 e. The molecule has 0 radical (unpaired) electrons. The van der Waals surface area contributed by atoms with E-state index >= 15 is 0 Å². The molecule has 0 N–H and O–H groups in total. The summed E-state index contributed by atoms with van der Waals surface area (Å²) in [6, 6.07) is 6.81. The van der Waals surface area contributed by atoms with Gasteiger partial charge in [0.1, 0.15) is 0 Å². The van der Waals surface area contributed by atoms with E-state index in [1.54, 1.807) is 0 Å². The lowest BCUT2D eigenvalue weighted by atomic mass is 9.72. The van der Waals surface area contributed by atoms with E-state index < -0.39 is 32.8 Å². The average Bonchev–Trinajstić information content (AvgIpc) is 2.65. The Bertz CT molecular complexity index is 585. The number of alkyl halides is 2. The molecular formula is C21H30F4OSi. The van der Waals surface area contributed by atoms with Crippen LogP contribution < -0.4 is 4.74 Å². The minimum Gasteiger partial charge on any atom is -0.429 e. The second-order valence-electron chi connectivity index (χ2n) is 8.37. The molecule has 0 unspecified atom stereocenters. The topological polar surface area (TPSA) is 9.23 Å². The third kappa shape index (κ3) is 5.27. The number of hydrogen-bond donors (Lipinski definition) is 0. The summed E-state index contributed by atoms with van der Waals surface area (Å²) in [4.78, 5) is 0. The molecule has 1 saturated carbocycles. The second-order valence-corrected chi connectivity index (χ2v) is 11.8. The van der Waals surface area contributed by atoms with Crippen molar-refractivity contribution in [3.63, 3.8) is 0 Å². The molecular weight excluding hydrogens is 372 g/mol. The molecule has 2 aliphatic rings. The minimum atomic E-state index is -3.23. The van der Waals surface area contributed by atoms with Gasteiger partial charge >= 0.3 is 6.61 Å². The molecule has 0 atom stereocenters. The third-order valence-electron chi connectivity index (χ3n) is 6.73. The zero-order chi connectivity index (χ0) is 19.4. The quantitative estimate of drug-likeness (QED) is 0.372. The van der Waals surface area contributed by atoms with Gasteiger partial charge in [-0.25, -0.2) is 8.78 Å². The summed E-state index contributed by atoms with van der Waals surface area (Å²) in [6.45, 7) is -0.941. The molecule has 3 rings (SSSR count). The van der Waals surface area contributed by atoms with Gasteiger partial charge in [0.2, 0.25) is 0 Å². The van der Waals surface area contributed by atoms with E-state index in [4.69, 9.17) is 0 Å². The van der Waals surface area contributed by atoms with E-state index in [2.05, 4.69) is 11.7 Å². The highest BCUT2D eigenvalue weighted by Crippen LogP contribution is 2.44. The third-order valence-corrected chi connectivity index (χ3v) is 10.4. The molecule has 0 bridgehead atoms. The van der Waals surface area contributed by atoms with Gasteiger partial charge in [-0.05, 0) is 61.1 Å². The van der Waals surface area contributed by atoms with Crippen LogP contribution in [0.2, 0.25) is 18.1 Å². The van der Waals surface area contributed by atoms with Crippen LogP contribution in [-0.2, 0) is 0 Å². The van der Waals surface area contributed by atoms with Crippen molar-refractivity contribution in [3.8, 4) is 5.75 Å². The average molecular weight is 403 g/mol. The smallest absolute Gasteiger partial charge is 0.387 e. The van der Waals surface area contributed by atoms with E-state index in [1.165, 1.54) is 49.5 Å². The van der Waals surface area contributed by atoms with E-state index in [0.717, 1.165) is 37.5 Å². The zero-order valence-corrected chi connectivity index (χ0v) is 17.2. The molecule has 27 heavy (non-hydrogen) atoms. The summed E-state index contributed by atoms with van der Waals surface area (Å²) in [5.41, 5.74) is 0.573. The highest BCUT2D eigenvalue weighted by Gasteiger charge is 2.32. The molecule has 1 saturated heterocycles. The van der Waals surface area contributed by atoms with Crippen LogP contribution in [0.25, 0.3) is 0 Å². The molecule has 0 aromatic heterocycles. The molecule has 2 fully saturated rings. The van der Waals surface area contributed by atoms with Crippen LogP contribution in [0.4, 0.5) is 17.6 Å². The van der Waals surface area contributed by atoms with Crippen molar-refractivity contribution in [3.05, 3.63) is 29.3 Å². The lowest BCUT2D eigenvalue weighted by Crippen LogP contribution is -2.28. The van der Waals surface area contributed by atoms with Gasteiger partial charge in [0.15, 0.2) is 17.4 Å². The molecule has 1 heterocycles. The highest BCUT2D eigenvalue weighted by molar-refractivity contribution is 6.58. The Hall–Kier alpha value is -1.04. The Kier molecular flexibility index (Phi) is 7.23. The number of benzene rings is 1. The zero-order valence-electron chi connectivity index (χ0n) is 16.0. The first-order chi connectivity index (χ1) is 13.0. The number of rotatable bonds is 6. The van der Waals surface area contributed by atoms with Gasteiger partial charge in [-0.15, -0.1) is 0 Å². The van der Waals surface area contributed by atoms with Crippen LogP contribution in [0, 0.1) is 23.5 Å². The summed E-state index contributed by atoms with van der Waals surface area (Å²) in [7, 11) is -0.456. The van der Waals surface area contributed by atoms with E-state index in [0.29, 0.717) is 5.56 Å². The molecule has 1 aliphatic heterocycles. The summed E-state index contributed by atoms with van der Waals surface area (Å²) >= 11 is 0. The Morgan fingerprint density at radius 3 is 2.04 bits per heavy atom. The number of hydrogen-bond acceptors (Lipinski definition) is 1. The van der Waals surface area contributed by atoms with Crippen molar-refractivity contribution in [1.29, 1.82) is 0 Å². The Labute approximate surface area is 161 Å². The van der Waals surface area contributed by atoms with Gasteiger partial charge in [-0.3, -0.25) is 0 Å². The number of halogens is 4. The van der Waals surface area contributed by atoms with Crippen molar-refractivity contribution in [2.75, 3.05) is 0 Å². The van der Waals surface area contributed by atoms with Gasteiger partial charge < -0.3 is 4.74 Å². The molecule has 1 aromatic carbocycles. The van der Waals surface area contributed by atoms with Crippen LogP contribution in [0.15, 0.2) is 12.1 Å². The van der Waals surface area contributed by atoms with Crippen molar-refractivity contribution < 1.29 is 22.3 Å². The Morgan fingerprint density at radius 2 is 1.52 bits per heavy atom. The first-order valence-electron chi connectivity index (χ1n) is 10.4. The van der Waals surface area contributed by atoms with Crippen molar-refractivity contribution in [2.45, 2.75) is 82.5 Å². The highest BCUT2D eigenvalue weighted by atomic mass is 28.3. The molecule has 1 nitrogen and oxygen atoms in total. The normalized spacial score (nSPS) is 29.1. The Morgan fingerprint density at radius 1 is 0.963 bits per heavy atom. The van der Waals surface area contributed by atoms with E-state index in [9.17, 15) is 17.6 Å². The maximum atomic E-state index is 14.0. The van der Waals surface area contributed by atoms with Crippen LogP contribution >= 0.6 is 0 Å². The van der Waals surface area contributed by atoms with Crippen LogP contribution in [0.1, 0.15) is 63.4 Å². The van der Waals surface area contributed by atoms with Crippen molar-refractivity contribution >= 4 is 8.80 Å². The Balaban J connectivity index is 1.55. The van der Waals surface area contributed by atoms with Crippen molar-refractivity contribution in [1.82, 2.24) is 0 Å². The largest absolute Gasteiger partial charge is 0.429 e. The molecule has 0 amide bonds. The van der Waals surface area contributed by atoms with E-state index in [1.807, 2.05) is 0 Å². The molecule has 0 spiro atoms. The first kappa shape index (κ1) is 20.7. The fourth-order valence-corrected chi connectivity index (χ4v) is 8.78. The minimum absolute atomic E-state index is 0.108. The summed E-state index contributed by atoms with van der Waals surface area (Å²) < 4.78 is 56.5. The van der Waals surface area contributed by atoms with Crippen LogP contribution in [0.3, 0.4) is 0 Å². The fourth-order valence-electron chi connectivity index (χ4n) is 5.30. The molecule has 6 heteroatoms. The maximum absolute atomic E-state index is 14.0. The second kappa shape index (κ2) is 9.44. The molecule has 152 valence electrons. The first-order valence-corrected chi connectivity index (χ1v) is 12.9.